The summed E-state index contributed by atoms with van der Waals surface area (Å²) >= 11 is 0. The average molecular weight is 185 g/mol. The van der Waals surface area contributed by atoms with Crippen molar-refractivity contribution in [1.29, 1.82) is 0 Å². The van der Waals surface area contributed by atoms with Crippen LogP contribution in [0.2, 0.25) is 0 Å². The van der Waals surface area contributed by atoms with Crippen molar-refractivity contribution in [2.24, 2.45) is 11.8 Å². The minimum Gasteiger partial charge on any atom is -0.316 e. The van der Waals surface area contributed by atoms with Gasteiger partial charge in [0, 0.05) is 0 Å². The van der Waals surface area contributed by atoms with E-state index in [0.29, 0.717) is 0 Å². The van der Waals surface area contributed by atoms with Crippen LogP contribution in [0.5, 0.6) is 0 Å². The Balaban J connectivity index is 3.12. The van der Waals surface area contributed by atoms with Crippen molar-refractivity contribution in [2.45, 2.75) is 53.4 Å². The van der Waals surface area contributed by atoms with Gasteiger partial charge in [-0.15, -0.1) is 0 Å². The van der Waals surface area contributed by atoms with E-state index in [1.54, 1.807) is 0 Å². The fourth-order valence-corrected chi connectivity index (χ4v) is 1.44. The first-order valence-corrected chi connectivity index (χ1v) is 5.87. The van der Waals surface area contributed by atoms with Crippen LogP contribution in [0.3, 0.4) is 0 Å². The molecule has 0 spiro atoms. The Bertz CT molecular complexity index is 99.3. The largest absolute Gasteiger partial charge is 0.316 e. The minimum absolute atomic E-state index is 0.783. The van der Waals surface area contributed by atoms with Gasteiger partial charge in [-0.2, -0.15) is 0 Å². The maximum absolute atomic E-state index is 3.49. The van der Waals surface area contributed by atoms with Crippen LogP contribution in [-0.4, -0.2) is 13.1 Å². The average Bonchev–Trinajstić information content (AvgIpc) is 2.08. The summed E-state index contributed by atoms with van der Waals surface area (Å²) in [6, 6.07) is 0. The van der Waals surface area contributed by atoms with Gasteiger partial charge in [0.2, 0.25) is 0 Å². The summed E-state index contributed by atoms with van der Waals surface area (Å²) < 4.78 is 0. The molecule has 1 heteroatoms. The van der Waals surface area contributed by atoms with Gasteiger partial charge in [-0.1, -0.05) is 47.0 Å². The summed E-state index contributed by atoms with van der Waals surface area (Å²) in [6.07, 6.45) is 5.47. The fraction of sp³-hybridized carbons (Fsp3) is 1.00. The number of hydrogen-bond donors (Lipinski definition) is 1. The van der Waals surface area contributed by atoms with E-state index in [-0.39, 0.29) is 0 Å². The molecule has 0 saturated carbocycles. The van der Waals surface area contributed by atoms with Gasteiger partial charge in [0.05, 0.1) is 0 Å². The molecule has 1 nitrogen and oxygen atoms in total. The monoisotopic (exact) mass is 185 g/mol. The van der Waals surface area contributed by atoms with Crippen LogP contribution in [0.4, 0.5) is 0 Å². The molecule has 0 aliphatic heterocycles. The van der Waals surface area contributed by atoms with Crippen molar-refractivity contribution in [1.82, 2.24) is 5.32 Å². The topological polar surface area (TPSA) is 12.0 Å². The van der Waals surface area contributed by atoms with Gasteiger partial charge in [0.25, 0.3) is 0 Å². The van der Waals surface area contributed by atoms with Crippen LogP contribution in [0.1, 0.15) is 53.4 Å². The van der Waals surface area contributed by atoms with E-state index in [2.05, 4.69) is 33.0 Å². The zero-order valence-electron chi connectivity index (χ0n) is 9.90. The van der Waals surface area contributed by atoms with Crippen LogP contribution < -0.4 is 5.32 Å². The molecule has 0 radical (unpaired) electrons. The van der Waals surface area contributed by atoms with E-state index < -0.39 is 0 Å². The van der Waals surface area contributed by atoms with Crippen LogP contribution >= 0.6 is 0 Å². The molecule has 1 N–H and O–H groups in total. The van der Waals surface area contributed by atoms with Gasteiger partial charge in [0.1, 0.15) is 0 Å². The van der Waals surface area contributed by atoms with Crippen molar-refractivity contribution in [3.05, 3.63) is 0 Å². The zero-order valence-corrected chi connectivity index (χ0v) is 9.90. The van der Waals surface area contributed by atoms with Crippen molar-refractivity contribution in [3.8, 4) is 0 Å². The highest BCUT2D eigenvalue weighted by Gasteiger charge is 2.00. The molecule has 0 aromatic carbocycles. The molecular weight excluding hydrogens is 158 g/mol. The van der Waals surface area contributed by atoms with Gasteiger partial charge in [-0.3, -0.25) is 0 Å². The van der Waals surface area contributed by atoms with Crippen molar-refractivity contribution in [3.63, 3.8) is 0 Å². The molecule has 1 atom stereocenters. The van der Waals surface area contributed by atoms with Crippen LogP contribution in [0, 0.1) is 11.8 Å². The summed E-state index contributed by atoms with van der Waals surface area (Å²) in [5.41, 5.74) is 0. The smallest absolute Gasteiger partial charge is 0.00258 e. The molecule has 0 amide bonds. The molecule has 0 aromatic rings. The fourth-order valence-electron chi connectivity index (χ4n) is 1.44. The molecule has 0 fully saturated rings. The van der Waals surface area contributed by atoms with Gasteiger partial charge < -0.3 is 5.32 Å². The molecule has 80 valence electrons. The third kappa shape index (κ3) is 9.88. The molecular formula is C12H27N. The second kappa shape index (κ2) is 8.55. The Kier molecular flexibility index (Phi) is 8.53. The predicted octanol–water partition coefficient (Wildman–Crippen LogP) is 3.45. The third-order valence-corrected chi connectivity index (χ3v) is 2.42. The standard InChI is InChI=1S/C12H27N/c1-5-6-7-12(4)8-9-13-10-11(2)3/h11-13H,5-10H2,1-4H3. The zero-order chi connectivity index (χ0) is 10.1. The van der Waals surface area contributed by atoms with Crippen LogP contribution in [0.25, 0.3) is 0 Å². The van der Waals surface area contributed by atoms with Crippen LogP contribution in [0.15, 0.2) is 0 Å². The summed E-state index contributed by atoms with van der Waals surface area (Å²) in [5, 5.41) is 3.49. The van der Waals surface area contributed by atoms with Gasteiger partial charge in [-0.05, 0) is 31.3 Å². The van der Waals surface area contributed by atoms with Crippen molar-refractivity contribution in [2.75, 3.05) is 13.1 Å². The molecule has 1 unspecified atom stereocenters. The third-order valence-electron chi connectivity index (χ3n) is 2.42. The highest BCUT2D eigenvalue weighted by Crippen LogP contribution is 2.10. The van der Waals surface area contributed by atoms with E-state index >= 15 is 0 Å². The summed E-state index contributed by atoms with van der Waals surface area (Å²) in [6.45, 7) is 11.5. The molecule has 0 heterocycles. The lowest BCUT2D eigenvalue weighted by Gasteiger charge is -2.12. The number of nitrogens with one attached hydrogen (secondary N) is 1. The van der Waals surface area contributed by atoms with E-state index in [9.17, 15) is 0 Å². The number of unbranched alkanes of at least 4 members (excludes halogenated alkanes) is 1. The predicted molar refractivity (Wildman–Crippen MR) is 61.0 cm³/mol. The maximum Gasteiger partial charge on any atom is -0.00258 e. The second-order valence-electron chi connectivity index (χ2n) is 4.63. The minimum atomic E-state index is 0.783. The highest BCUT2D eigenvalue weighted by molar-refractivity contribution is 4.57. The number of hydrogen-bond acceptors (Lipinski definition) is 1. The summed E-state index contributed by atoms with van der Waals surface area (Å²) in [5.74, 6) is 1.69. The second-order valence-corrected chi connectivity index (χ2v) is 4.63. The van der Waals surface area contributed by atoms with Crippen molar-refractivity contribution < 1.29 is 0 Å². The Morgan fingerprint density at radius 1 is 1.08 bits per heavy atom. The normalized spacial score (nSPS) is 13.6. The molecule has 13 heavy (non-hydrogen) atoms. The quantitative estimate of drug-likeness (QED) is 0.571. The molecule has 0 aliphatic rings. The molecule has 0 saturated heterocycles. The number of rotatable bonds is 8. The molecule has 0 aliphatic carbocycles. The van der Waals surface area contributed by atoms with Crippen molar-refractivity contribution >= 4 is 0 Å². The maximum atomic E-state index is 3.49. The lowest BCUT2D eigenvalue weighted by Crippen LogP contribution is -2.22. The van der Waals surface area contributed by atoms with E-state index in [0.717, 1.165) is 11.8 Å². The Morgan fingerprint density at radius 2 is 1.77 bits per heavy atom. The SMILES string of the molecule is CCCCC(C)CCNCC(C)C. The van der Waals surface area contributed by atoms with E-state index in [1.165, 1.54) is 38.8 Å². The molecule has 0 bridgehead atoms. The Morgan fingerprint density at radius 3 is 2.31 bits per heavy atom. The first-order chi connectivity index (χ1) is 6.16. The van der Waals surface area contributed by atoms with Crippen LogP contribution in [-0.2, 0) is 0 Å². The Labute approximate surface area is 84.3 Å². The van der Waals surface area contributed by atoms with E-state index in [1.807, 2.05) is 0 Å². The first-order valence-electron chi connectivity index (χ1n) is 5.87. The van der Waals surface area contributed by atoms with Gasteiger partial charge in [0.15, 0.2) is 0 Å². The lowest BCUT2D eigenvalue weighted by atomic mass is 10.0. The van der Waals surface area contributed by atoms with E-state index in [4.69, 9.17) is 0 Å². The first kappa shape index (κ1) is 13.0. The van der Waals surface area contributed by atoms with Gasteiger partial charge >= 0.3 is 0 Å². The molecule has 0 aromatic heterocycles. The Hall–Kier alpha value is -0.0400. The summed E-state index contributed by atoms with van der Waals surface area (Å²) in [4.78, 5) is 0. The summed E-state index contributed by atoms with van der Waals surface area (Å²) in [7, 11) is 0. The molecule has 0 rings (SSSR count). The lowest BCUT2D eigenvalue weighted by molar-refractivity contribution is 0.441. The van der Waals surface area contributed by atoms with Gasteiger partial charge in [-0.25, -0.2) is 0 Å². The highest BCUT2D eigenvalue weighted by atomic mass is 14.8.